The summed E-state index contributed by atoms with van der Waals surface area (Å²) in [5.41, 5.74) is 3.72. The van der Waals surface area contributed by atoms with Crippen molar-refractivity contribution < 1.29 is 0 Å². The second-order valence-corrected chi connectivity index (χ2v) is 7.31. The van der Waals surface area contributed by atoms with E-state index >= 15 is 0 Å². The zero-order chi connectivity index (χ0) is 18.1. The van der Waals surface area contributed by atoms with Crippen LogP contribution in [0.5, 0.6) is 0 Å². The number of nitrogens with zero attached hydrogens (tertiary/aromatic N) is 5. The van der Waals surface area contributed by atoms with Gasteiger partial charge in [-0.05, 0) is 19.3 Å². The Kier molecular flexibility index (Phi) is 4.33. The van der Waals surface area contributed by atoms with Crippen molar-refractivity contribution in [1.82, 2.24) is 24.8 Å². The maximum absolute atomic E-state index is 5.02. The van der Waals surface area contributed by atoms with Crippen LogP contribution in [0.3, 0.4) is 0 Å². The van der Waals surface area contributed by atoms with Gasteiger partial charge in [-0.2, -0.15) is 0 Å². The smallest absolute Gasteiger partial charge is 0.161 e. The molecule has 1 fully saturated rings. The van der Waals surface area contributed by atoms with Gasteiger partial charge in [0.2, 0.25) is 0 Å². The molecule has 0 radical (unpaired) electrons. The number of aromatic amines is 1. The highest BCUT2D eigenvalue weighted by Crippen LogP contribution is 2.32. The molecule has 6 nitrogen and oxygen atoms in total. The molecule has 1 aromatic carbocycles. The minimum atomic E-state index is 0.865. The molecule has 2 aromatic heterocycles. The number of imidazole rings is 1. The number of piperazine rings is 1. The van der Waals surface area contributed by atoms with Gasteiger partial charge in [0.05, 0.1) is 6.54 Å². The van der Waals surface area contributed by atoms with E-state index in [0.717, 1.165) is 68.6 Å². The largest absolute Gasteiger partial charge is 0.354 e. The van der Waals surface area contributed by atoms with Crippen molar-refractivity contribution in [3.63, 3.8) is 0 Å². The number of hydrogen-bond acceptors (Lipinski definition) is 5. The summed E-state index contributed by atoms with van der Waals surface area (Å²) < 4.78 is 0. The number of H-pyrrole nitrogens is 1. The fraction of sp³-hybridized carbons (Fsp3) is 0.381. The maximum Gasteiger partial charge on any atom is 0.161 e. The molecule has 3 heterocycles. The van der Waals surface area contributed by atoms with Crippen LogP contribution < -0.4 is 4.90 Å². The number of anilines is 1. The summed E-state index contributed by atoms with van der Waals surface area (Å²) in [6, 6.07) is 10.3. The van der Waals surface area contributed by atoms with Crippen molar-refractivity contribution in [3.8, 4) is 11.4 Å². The third-order valence-electron chi connectivity index (χ3n) is 5.54. The number of aryl methyl sites for hydroxylation is 1. The quantitative estimate of drug-likeness (QED) is 0.775. The van der Waals surface area contributed by atoms with E-state index in [-0.39, 0.29) is 0 Å². The first kappa shape index (κ1) is 16.4. The average Bonchev–Trinajstić information content (AvgIpc) is 3.40. The van der Waals surface area contributed by atoms with Crippen molar-refractivity contribution >= 4 is 5.82 Å². The van der Waals surface area contributed by atoms with E-state index < -0.39 is 0 Å². The van der Waals surface area contributed by atoms with E-state index in [2.05, 4.69) is 44.0 Å². The molecule has 1 aliphatic heterocycles. The Labute approximate surface area is 159 Å². The molecule has 1 saturated heterocycles. The van der Waals surface area contributed by atoms with Gasteiger partial charge in [0.1, 0.15) is 11.6 Å². The zero-order valence-electron chi connectivity index (χ0n) is 15.4. The summed E-state index contributed by atoms with van der Waals surface area (Å²) in [6.07, 6.45) is 7.07. The van der Waals surface area contributed by atoms with Crippen molar-refractivity contribution in [3.05, 3.63) is 59.8 Å². The number of aromatic nitrogens is 4. The molecule has 0 spiro atoms. The topological polar surface area (TPSA) is 60.9 Å². The standard InChI is InChI=1S/C21H24N6/c1-2-5-16(6-3-1)20-24-18-8-4-7-17(18)21(25-20)27-13-11-26(12-14-27)15-19-22-9-10-23-19/h1-3,5-6,9-10H,4,7-8,11-15H2,(H,22,23). The molecule has 0 unspecified atom stereocenters. The fourth-order valence-corrected chi connectivity index (χ4v) is 4.10. The predicted octanol–water partition coefficient (Wildman–Crippen LogP) is 2.68. The molecule has 1 aliphatic carbocycles. The van der Waals surface area contributed by atoms with Gasteiger partial charge in [0, 0.05) is 55.4 Å². The molecule has 0 bridgehead atoms. The minimum Gasteiger partial charge on any atom is -0.354 e. The average molecular weight is 360 g/mol. The second kappa shape index (κ2) is 7.12. The molecule has 3 aromatic rings. The van der Waals surface area contributed by atoms with Crippen LogP contribution in [0.15, 0.2) is 42.7 Å². The number of nitrogens with one attached hydrogen (secondary N) is 1. The summed E-state index contributed by atoms with van der Waals surface area (Å²) in [6.45, 7) is 4.94. The van der Waals surface area contributed by atoms with Gasteiger partial charge in [-0.3, -0.25) is 4.90 Å². The van der Waals surface area contributed by atoms with Gasteiger partial charge in [-0.15, -0.1) is 0 Å². The Bertz CT molecular complexity index is 898. The lowest BCUT2D eigenvalue weighted by molar-refractivity contribution is 0.244. The Morgan fingerprint density at radius 2 is 1.81 bits per heavy atom. The van der Waals surface area contributed by atoms with Gasteiger partial charge in [-0.1, -0.05) is 30.3 Å². The van der Waals surface area contributed by atoms with E-state index in [9.17, 15) is 0 Å². The molecule has 1 N–H and O–H groups in total. The van der Waals surface area contributed by atoms with Crippen LogP contribution in [0, 0.1) is 0 Å². The third kappa shape index (κ3) is 3.32. The zero-order valence-corrected chi connectivity index (χ0v) is 15.4. The number of hydrogen-bond donors (Lipinski definition) is 1. The summed E-state index contributed by atoms with van der Waals surface area (Å²) in [7, 11) is 0. The summed E-state index contributed by atoms with van der Waals surface area (Å²) in [5, 5.41) is 0. The Morgan fingerprint density at radius 1 is 0.963 bits per heavy atom. The van der Waals surface area contributed by atoms with Crippen molar-refractivity contribution in [2.45, 2.75) is 25.8 Å². The van der Waals surface area contributed by atoms with Crippen LogP contribution >= 0.6 is 0 Å². The van der Waals surface area contributed by atoms with Gasteiger partial charge >= 0.3 is 0 Å². The van der Waals surface area contributed by atoms with E-state index in [1.165, 1.54) is 17.7 Å². The Balaban J connectivity index is 1.38. The molecule has 6 heteroatoms. The van der Waals surface area contributed by atoms with Crippen molar-refractivity contribution in [2.24, 2.45) is 0 Å². The highest BCUT2D eigenvalue weighted by Gasteiger charge is 2.26. The Morgan fingerprint density at radius 3 is 2.59 bits per heavy atom. The number of fused-ring (bicyclic) bond motifs is 1. The van der Waals surface area contributed by atoms with Gasteiger partial charge < -0.3 is 9.88 Å². The van der Waals surface area contributed by atoms with Crippen LogP contribution in [0.1, 0.15) is 23.5 Å². The van der Waals surface area contributed by atoms with Gasteiger partial charge in [-0.25, -0.2) is 15.0 Å². The van der Waals surface area contributed by atoms with Crippen LogP contribution in [0.4, 0.5) is 5.82 Å². The van der Waals surface area contributed by atoms with Gasteiger partial charge in [0.25, 0.3) is 0 Å². The van der Waals surface area contributed by atoms with Crippen LogP contribution in [0.25, 0.3) is 11.4 Å². The molecule has 0 amide bonds. The highest BCUT2D eigenvalue weighted by molar-refractivity contribution is 5.61. The molecule has 0 saturated carbocycles. The first-order valence-corrected chi connectivity index (χ1v) is 9.77. The third-order valence-corrected chi connectivity index (χ3v) is 5.54. The number of rotatable bonds is 4. The first-order valence-electron chi connectivity index (χ1n) is 9.77. The molecule has 27 heavy (non-hydrogen) atoms. The van der Waals surface area contributed by atoms with Crippen LogP contribution in [0.2, 0.25) is 0 Å². The summed E-state index contributed by atoms with van der Waals surface area (Å²) in [5.74, 6) is 3.07. The lowest BCUT2D eigenvalue weighted by atomic mass is 10.1. The van der Waals surface area contributed by atoms with Gasteiger partial charge in [0.15, 0.2) is 5.82 Å². The summed E-state index contributed by atoms with van der Waals surface area (Å²) in [4.78, 5) is 22.4. The molecular formula is C21H24N6. The molecule has 0 atom stereocenters. The maximum atomic E-state index is 5.02. The van der Waals surface area contributed by atoms with Crippen molar-refractivity contribution in [1.29, 1.82) is 0 Å². The lowest BCUT2D eigenvalue weighted by Gasteiger charge is -2.36. The van der Waals surface area contributed by atoms with Crippen LogP contribution in [-0.2, 0) is 19.4 Å². The van der Waals surface area contributed by atoms with E-state index in [1.807, 2.05) is 18.5 Å². The monoisotopic (exact) mass is 360 g/mol. The predicted molar refractivity (Wildman–Crippen MR) is 106 cm³/mol. The molecular weight excluding hydrogens is 336 g/mol. The normalized spacial score (nSPS) is 17.3. The Hall–Kier alpha value is -2.73. The fourth-order valence-electron chi connectivity index (χ4n) is 4.10. The first-order chi connectivity index (χ1) is 13.4. The summed E-state index contributed by atoms with van der Waals surface area (Å²) >= 11 is 0. The van der Waals surface area contributed by atoms with Crippen LogP contribution in [-0.4, -0.2) is 51.0 Å². The van der Waals surface area contributed by atoms with Crippen molar-refractivity contribution in [2.75, 3.05) is 31.1 Å². The van der Waals surface area contributed by atoms with E-state index in [1.54, 1.807) is 0 Å². The second-order valence-electron chi connectivity index (χ2n) is 7.31. The van der Waals surface area contributed by atoms with E-state index in [0.29, 0.717) is 0 Å². The number of benzene rings is 1. The SMILES string of the molecule is c1ccc(-c2nc3c(c(N4CCN(Cc5ncc[nH]5)CC4)n2)CCC3)cc1. The highest BCUT2D eigenvalue weighted by atomic mass is 15.3. The molecule has 5 rings (SSSR count). The molecule has 138 valence electrons. The minimum absolute atomic E-state index is 0.865. The molecule has 2 aliphatic rings. The van der Waals surface area contributed by atoms with E-state index in [4.69, 9.17) is 9.97 Å². The lowest BCUT2D eigenvalue weighted by Crippen LogP contribution is -2.46.